The van der Waals surface area contributed by atoms with Gasteiger partial charge in [0.15, 0.2) is 0 Å². The van der Waals surface area contributed by atoms with Gasteiger partial charge < -0.3 is 10.0 Å². The molecule has 1 rings (SSSR count). The van der Waals surface area contributed by atoms with Gasteiger partial charge in [-0.05, 0) is 25.1 Å². The van der Waals surface area contributed by atoms with Crippen LogP contribution in [-0.2, 0) is 9.59 Å². The lowest BCUT2D eigenvalue weighted by Gasteiger charge is -2.20. The molecule has 1 N–H and O–H groups in total. The van der Waals surface area contributed by atoms with Crippen LogP contribution in [0.1, 0.15) is 13.3 Å². The van der Waals surface area contributed by atoms with E-state index in [1.807, 2.05) is 0 Å². The predicted molar refractivity (Wildman–Crippen MR) is 56.7 cm³/mol. The average Bonchev–Trinajstić information content (AvgIpc) is 2.17. The highest BCUT2D eigenvalue weighted by Crippen LogP contribution is 2.16. The van der Waals surface area contributed by atoms with Gasteiger partial charge in [-0.1, -0.05) is 6.07 Å². The third kappa shape index (κ3) is 3.05. The molecule has 0 aliphatic carbocycles. The number of nitrogens with zero attached hydrogens (tertiary/aromatic N) is 1. The van der Waals surface area contributed by atoms with Gasteiger partial charge in [-0.25, -0.2) is 4.39 Å². The van der Waals surface area contributed by atoms with E-state index in [9.17, 15) is 14.0 Å². The fourth-order valence-corrected chi connectivity index (χ4v) is 1.37. The van der Waals surface area contributed by atoms with E-state index in [1.165, 1.54) is 23.1 Å². The lowest BCUT2D eigenvalue weighted by atomic mass is 10.2. The van der Waals surface area contributed by atoms with Crippen molar-refractivity contribution in [1.29, 1.82) is 0 Å². The summed E-state index contributed by atoms with van der Waals surface area (Å²) in [6.07, 6.45) is -0.593. The van der Waals surface area contributed by atoms with E-state index < -0.39 is 24.1 Å². The summed E-state index contributed by atoms with van der Waals surface area (Å²) >= 11 is 0. The van der Waals surface area contributed by atoms with Gasteiger partial charge in [-0.3, -0.25) is 9.59 Å². The maximum atomic E-state index is 12.9. The summed E-state index contributed by atoms with van der Waals surface area (Å²) < 4.78 is 12.9. The van der Waals surface area contributed by atoms with Gasteiger partial charge in [0.2, 0.25) is 5.91 Å². The Morgan fingerprint density at radius 3 is 2.62 bits per heavy atom. The van der Waals surface area contributed by atoms with Gasteiger partial charge in [-0.15, -0.1) is 0 Å². The molecule has 0 aromatic heterocycles. The van der Waals surface area contributed by atoms with E-state index in [0.29, 0.717) is 12.2 Å². The first-order chi connectivity index (χ1) is 7.54. The number of carboxylic acids is 1. The van der Waals surface area contributed by atoms with Crippen LogP contribution in [0.25, 0.3) is 0 Å². The summed E-state index contributed by atoms with van der Waals surface area (Å²) in [5, 5.41) is 8.51. The molecule has 4 nitrogen and oxygen atoms in total. The highest BCUT2D eigenvalue weighted by atomic mass is 19.1. The Balaban J connectivity index is 2.89. The number of carboxylic acid groups (broad SMARTS) is 1. The molecular weight excluding hydrogens is 213 g/mol. The Morgan fingerprint density at radius 2 is 2.12 bits per heavy atom. The molecule has 0 spiro atoms. The topological polar surface area (TPSA) is 57.6 Å². The van der Waals surface area contributed by atoms with Crippen molar-refractivity contribution in [1.82, 2.24) is 0 Å². The number of hydrogen-bond acceptors (Lipinski definition) is 2. The Labute approximate surface area is 92.3 Å². The largest absolute Gasteiger partial charge is 0.481 e. The number of amides is 1. The maximum absolute atomic E-state index is 12.9. The minimum Gasteiger partial charge on any atom is -0.481 e. The SMILES string of the molecule is CCN(C(=O)CC(=O)O)c1cccc(F)c1. The van der Waals surface area contributed by atoms with Crippen LogP contribution >= 0.6 is 0 Å². The summed E-state index contributed by atoms with van der Waals surface area (Å²) in [4.78, 5) is 23.2. The van der Waals surface area contributed by atoms with Crippen LogP contribution in [0, 0.1) is 5.82 Å². The van der Waals surface area contributed by atoms with Crippen LogP contribution in [0.3, 0.4) is 0 Å². The molecule has 0 saturated carbocycles. The molecule has 0 heterocycles. The summed E-state index contributed by atoms with van der Waals surface area (Å²) in [6, 6.07) is 5.50. The van der Waals surface area contributed by atoms with Crippen molar-refractivity contribution in [3.05, 3.63) is 30.1 Å². The maximum Gasteiger partial charge on any atom is 0.312 e. The molecule has 0 fully saturated rings. The molecule has 5 heteroatoms. The van der Waals surface area contributed by atoms with Gasteiger partial charge in [0.1, 0.15) is 12.2 Å². The van der Waals surface area contributed by atoms with Gasteiger partial charge >= 0.3 is 5.97 Å². The lowest BCUT2D eigenvalue weighted by Crippen LogP contribution is -2.32. The van der Waals surface area contributed by atoms with Crippen molar-refractivity contribution in [2.24, 2.45) is 0 Å². The Kier molecular flexibility index (Phi) is 3.99. The second kappa shape index (κ2) is 5.25. The van der Waals surface area contributed by atoms with Crippen LogP contribution in [0.15, 0.2) is 24.3 Å². The van der Waals surface area contributed by atoms with Crippen molar-refractivity contribution in [2.75, 3.05) is 11.4 Å². The third-order valence-corrected chi connectivity index (χ3v) is 2.04. The smallest absolute Gasteiger partial charge is 0.312 e. The predicted octanol–water partition coefficient (Wildman–Crippen LogP) is 1.65. The van der Waals surface area contributed by atoms with Crippen LogP contribution in [-0.4, -0.2) is 23.5 Å². The molecule has 1 aromatic rings. The highest BCUT2D eigenvalue weighted by Gasteiger charge is 2.17. The van der Waals surface area contributed by atoms with E-state index in [1.54, 1.807) is 13.0 Å². The molecule has 1 aromatic carbocycles. The number of carbonyl (C=O) groups excluding carboxylic acids is 1. The zero-order chi connectivity index (χ0) is 12.1. The first-order valence-corrected chi connectivity index (χ1v) is 4.82. The van der Waals surface area contributed by atoms with Crippen LogP contribution in [0.4, 0.5) is 10.1 Å². The fraction of sp³-hybridized carbons (Fsp3) is 0.273. The van der Waals surface area contributed by atoms with Crippen molar-refractivity contribution in [3.63, 3.8) is 0 Å². The van der Waals surface area contributed by atoms with E-state index in [-0.39, 0.29) is 0 Å². The van der Waals surface area contributed by atoms with Gasteiger partial charge in [0.05, 0.1) is 0 Å². The number of benzene rings is 1. The molecule has 0 aliphatic heterocycles. The van der Waals surface area contributed by atoms with Crippen molar-refractivity contribution < 1.29 is 19.1 Å². The summed E-state index contributed by atoms with van der Waals surface area (Å²) in [6.45, 7) is 2.00. The Hall–Kier alpha value is -1.91. The molecule has 0 atom stereocenters. The zero-order valence-electron chi connectivity index (χ0n) is 8.81. The Morgan fingerprint density at radius 1 is 1.44 bits per heavy atom. The number of halogens is 1. The summed E-state index contributed by atoms with van der Waals surface area (Å²) in [5.41, 5.74) is 0.369. The monoisotopic (exact) mass is 225 g/mol. The molecule has 0 bridgehead atoms. The second-order valence-electron chi connectivity index (χ2n) is 3.19. The lowest BCUT2D eigenvalue weighted by molar-refractivity contribution is -0.140. The molecule has 0 aliphatic rings. The fourth-order valence-electron chi connectivity index (χ4n) is 1.37. The van der Waals surface area contributed by atoms with Crippen LogP contribution in [0.2, 0.25) is 0 Å². The Bertz CT molecular complexity index is 406. The van der Waals surface area contributed by atoms with Crippen molar-refractivity contribution >= 4 is 17.6 Å². The second-order valence-corrected chi connectivity index (χ2v) is 3.19. The normalized spacial score (nSPS) is 9.88. The van der Waals surface area contributed by atoms with E-state index >= 15 is 0 Å². The van der Waals surface area contributed by atoms with E-state index in [0.717, 1.165) is 0 Å². The van der Waals surface area contributed by atoms with Crippen LogP contribution < -0.4 is 4.90 Å². The number of aliphatic carboxylic acids is 1. The van der Waals surface area contributed by atoms with E-state index in [4.69, 9.17) is 5.11 Å². The number of hydrogen-bond donors (Lipinski definition) is 1. The standard InChI is InChI=1S/C11H12FNO3/c1-2-13(10(14)7-11(15)16)9-5-3-4-8(12)6-9/h3-6H,2,7H2,1H3,(H,15,16). The first kappa shape index (κ1) is 12.2. The minimum absolute atomic E-state index is 0.301. The van der Waals surface area contributed by atoms with Crippen LogP contribution in [0.5, 0.6) is 0 Å². The van der Waals surface area contributed by atoms with Gasteiger partial charge in [0.25, 0.3) is 0 Å². The van der Waals surface area contributed by atoms with E-state index in [2.05, 4.69) is 0 Å². The molecule has 0 unspecified atom stereocenters. The molecule has 0 radical (unpaired) electrons. The van der Waals surface area contributed by atoms with Crippen molar-refractivity contribution in [3.8, 4) is 0 Å². The molecule has 0 saturated heterocycles. The van der Waals surface area contributed by atoms with Gasteiger partial charge in [0, 0.05) is 12.2 Å². The minimum atomic E-state index is -1.19. The number of rotatable bonds is 4. The quantitative estimate of drug-likeness (QED) is 0.793. The third-order valence-electron chi connectivity index (χ3n) is 2.04. The summed E-state index contributed by atoms with van der Waals surface area (Å²) in [7, 11) is 0. The average molecular weight is 225 g/mol. The number of anilines is 1. The molecule has 86 valence electrons. The molecule has 16 heavy (non-hydrogen) atoms. The first-order valence-electron chi connectivity index (χ1n) is 4.82. The molecular formula is C11H12FNO3. The zero-order valence-corrected chi connectivity index (χ0v) is 8.81. The number of carbonyl (C=O) groups is 2. The summed E-state index contributed by atoms with van der Waals surface area (Å²) in [5.74, 6) is -2.21. The van der Waals surface area contributed by atoms with Gasteiger partial charge in [-0.2, -0.15) is 0 Å². The molecule has 1 amide bonds. The highest BCUT2D eigenvalue weighted by molar-refractivity contribution is 6.02. The van der Waals surface area contributed by atoms with Crippen molar-refractivity contribution in [2.45, 2.75) is 13.3 Å².